The second-order valence-electron chi connectivity index (χ2n) is 3.05. The summed E-state index contributed by atoms with van der Waals surface area (Å²) >= 11 is 0. The summed E-state index contributed by atoms with van der Waals surface area (Å²) in [6.45, 7) is 1.85. The average Bonchev–Trinajstić information content (AvgIpc) is 2.10. The Kier molecular flexibility index (Phi) is 0.976. The molecule has 1 saturated carbocycles. The first-order valence-corrected chi connectivity index (χ1v) is 3.48. The highest BCUT2D eigenvalue weighted by Crippen LogP contribution is 2.40. The fourth-order valence-corrected chi connectivity index (χ4v) is 1.80. The standard InChI is InChI=1S/C6H10N2O/c9-7-8-3-5-1-2-6(5)4-8/h5-6H,1-4H2/t5-,6+. The van der Waals surface area contributed by atoms with E-state index in [-0.39, 0.29) is 0 Å². The van der Waals surface area contributed by atoms with E-state index in [0.29, 0.717) is 0 Å². The predicted octanol–water partition coefficient (Wildman–Crippen LogP) is 1.01. The van der Waals surface area contributed by atoms with Gasteiger partial charge in [-0.3, -0.25) is 5.01 Å². The minimum atomic E-state index is 0.808. The Morgan fingerprint density at radius 2 is 1.78 bits per heavy atom. The van der Waals surface area contributed by atoms with Crippen LogP contribution in [0.3, 0.4) is 0 Å². The van der Waals surface area contributed by atoms with Crippen molar-refractivity contribution in [2.24, 2.45) is 17.1 Å². The van der Waals surface area contributed by atoms with Crippen LogP contribution in [0.4, 0.5) is 0 Å². The first-order chi connectivity index (χ1) is 4.40. The molecule has 0 spiro atoms. The van der Waals surface area contributed by atoms with Gasteiger partial charge in [-0.2, -0.15) is 0 Å². The van der Waals surface area contributed by atoms with E-state index in [9.17, 15) is 4.91 Å². The minimum absolute atomic E-state index is 0.808. The van der Waals surface area contributed by atoms with Crippen molar-refractivity contribution in [3.05, 3.63) is 4.91 Å². The van der Waals surface area contributed by atoms with Crippen LogP contribution < -0.4 is 0 Å². The van der Waals surface area contributed by atoms with Crippen LogP contribution in [0.25, 0.3) is 0 Å². The summed E-state index contributed by atoms with van der Waals surface area (Å²) in [4.78, 5) is 10.0. The molecule has 50 valence electrons. The van der Waals surface area contributed by atoms with E-state index < -0.39 is 0 Å². The molecule has 1 heterocycles. The topological polar surface area (TPSA) is 32.7 Å². The maximum Gasteiger partial charge on any atom is 0.0524 e. The molecule has 0 aromatic heterocycles. The second kappa shape index (κ2) is 1.69. The molecule has 2 atom stereocenters. The van der Waals surface area contributed by atoms with Crippen molar-refractivity contribution in [1.82, 2.24) is 5.01 Å². The number of nitroso groups, excluding NO2 is 1. The lowest BCUT2D eigenvalue weighted by atomic mass is 9.77. The lowest BCUT2D eigenvalue weighted by Gasteiger charge is -2.27. The molecular weight excluding hydrogens is 116 g/mol. The molecule has 0 unspecified atom stereocenters. The van der Waals surface area contributed by atoms with Gasteiger partial charge in [0.1, 0.15) is 0 Å². The zero-order valence-electron chi connectivity index (χ0n) is 5.29. The third kappa shape index (κ3) is 0.637. The molecule has 2 rings (SSSR count). The molecule has 3 heteroatoms. The normalized spacial score (nSPS) is 39.8. The molecule has 0 amide bonds. The van der Waals surface area contributed by atoms with Gasteiger partial charge in [-0.05, 0) is 24.7 Å². The van der Waals surface area contributed by atoms with Gasteiger partial charge in [-0.1, -0.05) is 0 Å². The van der Waals surface area contributed by atoms with Crippen molar-refractivity contribution in [3.8, 4) is 0 Å². The monoisotopic (exact) mass is 126 g/mol. The van der Waals surface area contributed by atoms with E-state index in [0.717, 1.165) is 24.9 Å². The van der Waals surface area contributed by atoms with E-state index in [4.69, 9.17) is 0 Å². The van der Waals surface area contributed by atoms with Crippen LogP contribution in [0.5, 0.6) is 0 Å². The summed E-state index contributed by atoms with van der Waals surface area (Å²) in [5.74, 6) is 1.62. The summed E-state index contributed by atoms with van der Waals surface area (Å²) in [7, 11) is 0. The summed E-state index contributed by atoms with van der Waals surface area (Å²) in [5.41, 5.74) is 0. The molecule has 0 N–H and O–H groups in total. The van der Waals surface area contributed by atoms with Crippen LogP contribution >= 0.6 is 0 Å². The SMILES string of the molecule is O=NN1C[C@H]2CC[C@H]2C1. The second-order valence-corrected chi connectivity index (χ2v) is 3.05. The smallest absolute Gasteiger partial charge is 0.0524 e. The van der Waals surface area contributed by atoms with Crippen molar-refractivity contribution in [2.75, 3.05) is 13.1 Å². The van der Waals surface area contributed by atoms with E-state index in [1.165, 1.54) is 12.8 Å². The van der Waals surface area contributed by atoms with Crippen LogP contribution in [-0.4, -0.2) is 18.1 Å². The fraction of sp³-hybridized carbons (Fsp3) is 1.00. The van der Waals surface area contributed by atoms with Crippen LogP contribution in [0.1, 0.15) is 12.8 Å². The van der Waals surface area contributed by atoms with Crippen molar-refractivity contribution < 1.29 is 0 Å². The van der Waals surface area contributed by atoms with Gasteiger partial charge in [0.15, 0.2) is 0 Å². The van der Waals surface area contributed by atoms with Gasteiger partial charge < -0.3 is 0 Å². The Labute approximate surface area is 54.0 Å². The lowest BCUT2D eigenvalue weighted by Crippen LogP contribution is -2.22. The largest absolute Gasteiger partial charge is 0.260 e. The number of fused-ring (bicyclic) bond motifs is 1. The predicted molar refractivity (Wildman–Crippen MR) is 33.6 cm³/mol. The van der Waals surface area contributed by atoms with Crippen molar-refractivity contribution in [1.29, 1.82) is 0 Å². The molecule has 0 radical (unpaired) electrons. The molecule has 1 aliphatic heterocycles. The third-order valence-electron chi connectivity index (χ3n) is 2.58. The van der Waals surface area contributed by atoms with Gasteiger partial charge >= 0.3 is 0 Å². The first-order valence-electron chi connectivity index (χ1n) is 3.48. The van der Waals surface area contributed by atoms with Gasteiger partial charge in [0.05, 0.1) is 5.29 Å². The van der Waals surface area contributed by atoms with Gasteiger partial charge in [-0.25, -0.2) is 0 Å². The van der Waals surface area contributed by atoms with Crippen molar-refractivity contribution in [3.63, 3.8) is 0 Å². The molecule has 2 aliphatic rings. The van der Waals surface area contributed by atoms with Crippen molar-refractivity contribution >= 4 is 0 Å². The zero-order chi connectivity index (χ0) is 6.27. The molecule has 1 aliphatic carbocycles. The summed E-state index contributed by atoms with van der Waals surface area (Å²) in [6, 6.07) is 0. The molecule has 0 bridgehead atoms. The maximum atomic E-state index is 10.0. The van der Waals surface area contributed by atoms with E-state index in [1.54, 1.807) is 5.01 Å². The molecule has 2 fully saturated rings. The summed E-state index contributed by atoms with van der Waals surface area (Å²) in [6.07, 6.45) is 2.63. The van der Waals surface area contributed by atoms with Crippen LogP contribution in [0.15, 0.2) is 5.29 Å². The Balaban J connectivity index is 1.98. The molecule has 0 aromatic carbocycles. The van der Waals surface area contributed by atoms with Crippen LogP contribution in [0, 0.1) is 16.7 Å². The van der Waals surface area contributed by atoms with Gasteiger partial charge in [-0.15, -0.1) is 4.91 Å². The Morgan fingerprint density at radius 3 is 2.11 bits per heavy atom. The number of hydrogen-bond acceptors (Lipinski definition) is 2. The highest BCUT2D eigenvalue weighted by atomic mass is 16.3. The van der Waals surface area contributed by atoms with E-state index in [1.807, 2.05) is 0 Å². The fourth-order valence-electron chi connectivity index (χ4n) is 1.80. The van der Waals surface area contributed by atoms with Gasteiger partial charge in [0, 0.05) is 13.1 Å². The first kappa shape index (κ1) is 5.21. The highest BCUT2D eigenvalue weighted by Gasteiger charge is 2.39. The highest BCUT2D eigenvalue weighted by molar-refractivity contribution is 4.89. The van der Waals surface area contributed by atoms with Gasteiger partial charge in [0.2, 0.25) is 0 Å². The Bertz CT molecular complexity index is 125. The Morgan fingerprint density at radius 1 is 1.22 bits per heavy atom. The van der Waals surface area contributed by atoms with Crippen LogP contribution in [0.2, 0.25) is 0 Å². The molecular formula is C6H10N2O. The van der Waals surface area contributed by atoms with Crippen molar-refractivity contribution in [2.45, 2.75) is 12.8 Å². The summed E-state index contributed by atoms with van der Waals surface area (Å²) < 4.78 is 0. The minimum Gasteiger partial charge on any atom is -0.260 e. The lowest BCUT2D eigenvalue weighted by molar-refractivity contribution is 0.243. The summed E-state index contributed by atoms with van der Waals surface area (Å²) in [5, 5.41) is 4.57. The molecule has 1 saturated heterocycles. The third-order valence-corrected chi connectivity index (χ3v) is 2.58. The van der Waals surface area contributed by atoms with Gasteiger partial charge in [0.25, 0.3) is 0 Å². The number of hydrogen-bond donors (Lipinski definition) is 0. The molecule has 9 heavy (non-hydrogen) atoms. The van der Waals surface area contributed by atoms with Crippen LogP contribution in [-0.2, 0) is 0 Å². The maximum absolute atomic E-state index is 10.0. The molecule has 0 aromatic rings. The average molecular weight is 126 g/mol. The Hall–Kier alpha value is -0.600. The quantitative estimate of drug-likeness (QED) is 0.491. The van der Waals surface area contributed by atoms with E-state index >= 15 is 0 Å². The molecule has 3 nitrogen and oxygen atoms in total. The number of nitrogens with zero attached hydrogens (tertiary/aromatic N) is 2. The zero-order valence-corrected chi connectivity index (χ0v) is 5.29. The number of rotatable bonds is 1. The van der Waals surface area contributed by atoms with E-state index in [2.05, 4.69) is 5.29 Å².